The topological polar surface area (TPSA) is 75.3 Å². The number of hydrogen-bond acceptors (Lipinski definition) is 4. The van der Waals surface area contributed by atoms with E-state index in [-0.39, 0.29) is 23.0 Å². The van der Waals surface area contributed by atoms with Crippen molar-refractivity contribution in [1.82, 2.24) is 5.43 Å². The Morgan fingerprint density at radius 1 is 1.75 bits per heavy atom. The van der Waals surface area contributed by atoms with Crippen LogP contribution in [0, 0.1) is 0 Å². The van der Waals surface area contributed by atoms with Crippen molar-refractivity contribution in [3.8, 4) is 0 Å². The molecule has 0 saturated heterocycles. The minimum atomic E-state index is -0.178. The molecule has 4 nitrogen and oxygen atoms in total. The number of carbonyl (C=O) groups excluding carboxylic acids is 1. The van der Waals surface area contributed by atoms with E-state index < -0.39 is 0 Å². The molecule has 0 aliphatic carbocycles. The highest BCUT2D eigenvalue weighted by Gasteiger charge is 2.18. The molecule has 72 valence electrons. The molecule has 0 spiro atoms. The van der Waals surface area contributed by atoms with Crippen LogP contribution in [-0.2, 0) is 4.79 Å². The van der Waals surface area contributed by atoms with E-state index >= 15 is 0 Å². The molecule has 0 aromatic rings. The summed E-state index contributed by atoms with van der Waals surface area (Å²) in [5.74, 6) is 4.81. The number of nitrogens with two attached hydrogens (primary N) is 1. The zero-order chi connectivity index (χ0) is 9.56. The summed E-state index contributed by atoms with van der Waals surface area (Å²) in [5, 5.41) is 8.67. The molecule has 4 N–H and O–H groups in total. The van der Waals surface area contributed by atoms with Gasteiger partial charge in [0, 0.05) is 5.25 Å². The van der Waals surface area contributed by atoms with Crippen molar-refractivity contribution in [3.63, 3.8) is 0 Å². The van der Waals surface area contributed by atoms with Crippen molar-refractivity contribution < 1.29 is 9.90 Å². The molecule has 0 bridgehead atoms. The van der Waals surface area contributed by atoms with Crippen molar-refractivity contribution in [3.05, 3.63) is 0 Å². The number of thioether (sulfide) groups is 1. The monoisotopic (exact) mass is 192 g/mol. The van der Waals surface area contributed by atoms with Gasteiger partial charge in [-0.1, -0.05) is 13.8 Å². The first kappa shape index (κ1) is 11.7. The van der Waals surface area contributed by atoms with E-state index in [1.54, 1.807) is 0 Å². The first-order valence-electron chi connectivity index (χ1n) is 3.92. The van der Waals surface area contributed by atoms with Gasteiger partial charge in [-0.3, -0.25) is 10.2 Å². The lowest BCUT2D eigenvalue weighted by atomic mass is 10.3. The number of aliphatic hydroxyl groups excluding tert-OH is 1. The molecule has 1 amide bonds. The number of hydrogen-bond donors (Lipinski definition) is 3. The molecule has 2 atom stereocenters. The fourth-order valence-electron chi connectivity index (χ4n) is 0.760. The zero-order valence-electron chi connectivity index (χ0n) is 7.41. The van der Waals surface area contributed by atoms with Gasteiger partial charge in [-0.15, -0.1) is 11.8 Å². The highest BCUT2D eigenvalue weighted by atomic mass is 32.2. The molecule has 0 saturated carbocycles. The van der Waals surface area contributed by atoms with Crippen LogP contribution in [0.1, 0.15) is 20.3 Å². The van der Waals surface area contributed by atoms with Crippen LogP contribution in [0.3, 0.4) is 0 Å². The number of hydrazine groups is 1. The molecule has 0 fully saturated rings. The second-order valence-electron chi connectivity index (χ2n) is 2.53. The van der Waals surface area contributed by atoms with Gasteiger partial charge in [0.15, 0.2) is 0 Å². The minimum Gasteiger partial charge on any atom is -0.395 e. The maximum atomic E-state index is 11.1. The van der Waals surface area contributed by atoms with Crippen molar-refractivity contribution in [1.29, 1.82) is 0 Å². The first-order chi connectivity index (χ1) is 5.65. The van der Waals surface area contributed by atoms with E-state index in [9.17, 15) is 4.79 Å². The fraction of sp³-hybridized carbons (Fsp3) is 0.857. The van der Waals surface area contributed by atoms with Crippen LogP contribution in [0.25, 0.3) is 0 Å². The van der Waals surface area contributed by atoms with Crippen molar-refractivity contribution in [2.75, 3.05) is 6.61 Å². The third kappa shape index (κ3) is 3.94. The summed E-state index contributed by atoms with van der Waals surface area (Å²) in [4.78, 5) is 11.1. The van der Waals surface area contributed by atoms with E-state index in [1.165, 1.54) is 11.8 Å². The number of nitrogens with one attached hydrogen (secondary N) is 1. The van der Waals surface area contributed by atoms with Crippen LogP contribution in [0.4, 0.5) is 0 Å². The molecule has 0 aliphatic heterocycles. The predicted molar refractivity (Wildman–Crippen MR) is 50.5 cm³/mol. The fourth-order valence-corrected chi connectivity index (χ4v) is 1.79. The number of rotatable bonds is 5. The molecule has 5 heteroatoms. The average Bonchev–Trinajstić information content (AvgIpc) is 2.12. The Morgan fingerprint density at radius 2 is 2.33 bits per heavy atom. The Balaban J connectivity index is 3.90. The third-order valence-corrected chi connectivity index (χ3v) is 2.95. The normalized spacial score (nSPS) is 15.3. The second kappa shape index (κ2) is 6.28. The highest BCUT2D eigenvalue weighted by molar-refractivity contribution is 8.01. The van der Waals surface area contributed by atoms with Crippen molar-refractivity contribution in [2.24, 2.45) is 5.84 Å². The molecule has 0 aliphatic rings. The molecule has 12 heavy (non-hydrogen) atoms. The van der Waals surface area contributed by atoms with E-state index in [0.717, 1.165) is 6.42 Å². The maximum absolute atomic E-state index is 11.1. The van der Waals surface area contributed by atoms with Crippen molar-refractivity contribution >= 4 is 17.7 Å². The van der Waals surface area contributed by atoms with Crippen LogP contribution in [0.5, 0.6) is 0 Å². The summed E-state index contributed by atoms with van der Waals surface area (Å²) in [5.41, 5.74) is 2.10. The van der Waals surface area contributed by atoms with E-state index in [1.807, 2.05) is 13.8 Å². The van der Waals surface area contributed by atoms with Gasteiger partial charge in [0.2, 0.25) is 5.91 Å². The SMILES string of the molecule is CCC(SC(C)CO)C(=O)NN. The Morgan fingerprint density at radius 3 is 2.67 bits per heavy atom. The number of aliphatic hydroxyl groups is 1. The quantitative estimate of drug-likeness (QED) is 0.322. The van der Waals surface area contributed by atoms with Gasteiger partial charge < -0.3 is 5.11 Å². The Hall–Kier alpha value is -0.260. The smallest absolute Gasteiger partial charge is 0.246 e. The van der Waals surface area contributed by atoms with Crippen LogP contribution in [0.2, 0.25) is 0 Å². The summed E-state index contributed by atoms with van der Waals surface area (Å²) in [6, 6.07) is 0. The first-order valence-corrected chi connectivity index (χ1v) is 4.86. The lowest BCUT2D eigenvalue weighted by molar-refractivity contribution is -0.120. The van der Waals surface area contributed by atoms with Crippen LogP contribution in [-0.4, -0.2) is 28.1 Å². The van der Waals surface area contributed by atoms with Gasteiger partial charge in [-0.2, -0.15) is 0 Å². The Labute approximate surface area is 76.9 Å². The largest absolute Gasteiger partial charge is 0.395 e. The molecular weight excluding hydrogens is 176 g/mol. The molecule has 0 rings (SSSR count). The van der Waals surface area contributed by atoms with E-state index in [4.69, 9.17) is 10.9 Å². The van der Waals surface area contributed by atoms with Crippen LogP contribution >= 0.6 is 11.8 Å². The highest BCUT2D eigenvalue weighted by Crippen LogP contribution is 2.19. The van der Waals surface area contributed by atoms with Crippen LogP contribution in [0.15, 0.2) is 0 Å². The van der Waals surface area contributed by atoms with Gasteiger partial charge in [0.1, 0.15) is 0 Å². The lowest BCUT2D eigenvalue weighted by Gasteiger charge is -2.15. The summed E-state index contributed by atoms with van der Waals surface area (Å²) in [7, 11) is 0. The Kier molecular flexibility index (Phi) is 6.14. The van der Waals surface area contributed by atoms with E-state index in [0.29, 0.717) is 0 Å². The van der Waals surface area contributed by atoms with E-state index in [2.05, 4.69) is 5.43 Å². The van der Waals surface area contributed by atoms with Gasteiger partial charge in [-0.05, 0) is 6.42 Å². The van der Waals surface area contributed by atoms with Gasteiger partial charge in [0.05, 0.1) is 11.9 Å². The molecular formula is C7H16N2O2S. The summed E-state index contributed by atoms with van der Waals surface area (Å²) >= 11 is 1.44. The molecule has 0 aromatic heterocycles. The molecule has 0 heterocycles. The van der Waals surface area contributed by atoms with Gasteiger partial charge >= 0.3 is 0 Å². The summed E-state index contributed by atoms with van der Waals surface area (Å²) < 4.78 is 0. The zero-order valence-corrected chi connectivity index (χ0v) is 8.23. The molecule has 2 unspecified atom stereocenters. The minimum absolute atomic E-state index is 0.0762. The second-order valence-corrected chi connectivity index (χ2v) is 4.18. The summed E-state index contributed by atoms with van der Waals surface area (Å²) in [6.45, 7) is 3.87. The predicted octanol–water partition coefficient (Wildman–Crippen LogP) is -0.131. The number of carbonyl (C=O) groups is 1. The van der Waals surface area contributed by atoms with Crippen LogP contribution < -0.4 is 11.3 Å². The Bertz CT molecular complexity index is 143. The number of amides is 1. The average molecular weight is 192 g/mol. The van der Waals surface area contributed by atoms with Crippen molar-refractivity contribution in [2.45, 2.75) is 30.8 Å². The standard InChI is InChI=1S/C7H16N2O2S/c1-3-6(7(11)9-8)12-5(2)4-10/h5-6,10H,3-4,8H2,1-2H3,(H,9,11). The molecule has 0 aromatic carbocycles. The van der Waals surface area contributed by atoms with Gasteiger partial charge in [0.25, 0.3) is 0 Å². The summed E-state index contributed by atoms with van der Waals surface area (Å²) in [6.07, 6.45) is 0.720. The van der Waals surface area contributed by atoms with Gasteiger partial charge in [-0.25, -0.2) is 5.84 Å². The maximum Gasteiger partial charge on any atom is 0.246 e. The third-order valence-electron chi connectivity index (χ3n) is 1.46. The lowest BCUT2D eigenvalue weighted by Crippen LogP contribution is -2.38. The molecule has 0 radical (unpaired) electrons.